The molecule has 0 aliphatic carbocycles. The van der Waals surface area contributed by atoms with Crippen LogP contribution in [0.5, 0.6) is 5.75 Å². The largest absolute Gasteiger partial charge is 0.489 e. The molecule has 19 heavy (non-hydrogen) atoms. The quantitative estimate of drug-likeness (QED) is 0.809. The molecule has 0 heterocycles. The maximum absolute atomic E-state index is 6.08. The van der Waals surface area contributed by atoms with Crippen LogP contribution in [0.1, 0.15) is 18.1 Å². The van der Waals surface area contributed by atoms with E-state index in [0.717, 1.165) is 38.5 Å². The second-order valence-electron chi connectivity index (χ2n) is 4.25. The first-order valence-corrected chi connectivity index (χ1v) is 7.22. The number of rotatable bonds is 4. The standard InChI is InChI=1S/C15H15BrClNO/c1-2-10-7-13(5-6-15(10)17)19-9-11-3-4-12(18)8-14(11)16/h3-8H,2,9,18H2,1H3. The molecule has 2 aromatic rings. The van der Waals surface area contributed by atoms with Crippen molar-refractivity contribution >= 4 is 33.2 Å². The highest BCUT2D eigenvalue weighted by atomic mass is 79.9. The predicted octanol–water partition coefficient (Wildman–Crippen LogP) is 4.83. The van der Waals surface area contributed by atoms with Crippen molar-refractivity contribution in [3.8, 4) is 5.75 Å². The molecule has 2 aromatic carbocycles. The Morgan fingerprint density at radius 2 is 1.95 bits per heavy atom. The average molecular weight is 341 g/mol. The number of ether oxygens (including phenoxy) is 1. The van der Waals surface area contributed by atoms with E-state index in [1.807, 2.05) is 36.4 Å². The molecule has 0 unspecified atom stereocenters. The summed E-state index contributed by atoms with van der Waals surface area (Å²) < 4.78 is 6.74. The number of benzene rings is 2. The molecule has 0 atom stereocenters. The number of halogens is 2. The minimum absolute atomic E-state index is 0.492. The minimum Gasteiger partial charge on any atom is -0.489 e. The highest BCUT2D eigenvalue weighted by Gasteiger charge is 2.04. The molecule has 0 saturated heterocycles. The van der Waals surface area contributed by atoms with E-state index < -0.39 is 0 Å². The number of nitrogen functional groups attached to an aromatic ring is 1. The molecule has 0 radical (unpaired) electrons. The Bertz CT molecular complexity index is 586. The Labute approximate surface area is 126 Å². The zero-order valence-corrected chi connectivity index (χ0v) is 13.0. The summed E-state index contributed by atoms with van der Waals surface area (Å²) in [5.41, 5.74) is 8.59. The molecule has 2 N–H and O–H groups in total. The van der Waals surface area contributed by atoms with Crippen LogP contribution in [0.3, 0.4) is 0 Å². The second kappa shape index (κ2) is 6.31. The molecule has 0 bridgehead atoms. The lowest BCUT2D eigenvalue weighted by Gasteiger charge is -2.10. The summed E-state index contributed by atoms with van der Waals surface area (Å²) in [6.45, 7) is 2.56. The van der Waals surface area contributed by atoms with Gasteiger partial charge in [0.1, 0.15) is 12.4 Å². The van der Waals surface area contributed by atoms with Gasteiger partial charge >= 0.3 is 0 Å². The highest BCUT2D eigenvalue weighted by molar-refractivity contribution is 9.10. The van der Waals surface area contributed by atoms with Gasteiger partial charge in [0.15, 0.2) is 0 Å². The van der Waals surface area contributed by atoms with Crippen LogP contribution in [-0.4, -0.2) is 0 Å². The molecule has 0 aliphatic rings. The third-order valence-electron chi connectivity index (χ3n) is 2.87. The van der Waals surface area contributed by atoms with Gasteiger partial charge in [-0.25, -0.2) is 0 Å². The summed E-state index contributed by atoms with van der Waals surface area (Å²) in [7, 11) is 0. The summed E-state index contributed by atoms with van der Waals surface area (Å²) in [4.78, 5) is 0. The molecule has 0 fully saturated rings. The van der Waals surface area contributed by atoms with Crippen LogP contribution < -0.4 is 10.5 Å². The van der Waals surface area contributed by atoms with Crippen LogP contribution in [0.25, 0.3) is 0 Å². The maximum Gasteiger partial charge on any atom is 0.120 e. The highest BCUT2D eigenvalue weighted by Crippen LogP contribution is 2.25. The lowest BCUT2D eigenvalue weighted by Crippen LogP contribution is -1.98. The molecule has 0 saturated carbocycles. The fourth-order valence-corrected chi connectivity index (χ4v) is 2.52. The van der Waals surface area contributed by atoms with E-state index in [1.165, 1.54) is 0 Å². The van der Waals surface area contributed by atoms with Crippen LogP contribution >= 0.6 is 27.5 Å². The van der Waals surface area contributed by atoms with Crippen LogP contribution in [0, 0.1) is 0 Å². The van der Waals surface area contributed by atoms with Crippen molar-refractivity contribution in [2.45, 2.75) is 20.0 Å². The SMILES string of the molecule is CCc1cc(OCc2ccc(N)cc2Br)ccc1Cl. The van der Waals surface area contributed by atoms with Crippen molar-refractivity contribution in [2.24, 2.45) is 0 Å². The number of hydrogen-bond donors (Lipinski definition) is 1. The van der Waals surface area contributed by atoms with Crippen molar-refractivity contribution in [1.82, 2.24) is 0 Å². The van der Waals surface area contributed by atoms with Gasteiger partial charge < -0.3 is 10.5 Å². The predicted molar refractivity (Wildman–Crippen MR) is 83.7 cm³/mol. The van der Waals surface area contributed by atoms with Crippen LogP contribution in [0.2, 0.25) is 5.02 Å². The molecule has 2 rings (SSSR count). The lowest BCUT2D eigenvalue weighted by molar-refractivity contribution is 0.305. The van der Waals surface area contributed by atoms with Gasteiger partial charge in [-0.2, -0.15) is 0 Å². The third kappa shape index (κ3) is 3.64. The fourth-order valence-electron chi connectivity index (χ4n) is 1.75. The summed E-state index contributed by atoms with van der Waals surface area (Å²) in [6, 6.07) is 11.4. The zero-order chi connectivity index (χ0) is 13.8. The van der Waals surface area contributed by atoms with Crippen molar-refractivity contribution in [3.05, 3.63) is 57.0 Å². The number of aryl methyl sites for hydroxylation is 1. The summed E-state index contributed by atoms with van der Waals surface area (Å²) in [5, 5.41) is 0.781. The molecule has 100 valence electrons. The first-order valence-electron chi connectivity index (χ1n) is 6.05. The van der Waals surface area contributed by atoms with E-state index >= 15 is 0 Å². The van der Waals surface area contributed by atoms with E-state index in [4.69, 9.17) is 22.1 Å². The Morgan fingerprint density at radius 3 is 2.63 bits per heavy atom. The Morgan fingerprint density at radius 1 is 1.16 bits per heavy atom. The van der Waals surface area contributed by atoms with E-state index in [0.29, 0.717) is 6.61 Å². The second-order valence-corrected chi connectivity index (χ2v) is 5.51. The summed E-state index contributed by atoms with van der Waals surface area (Å²) >= 11 is 9.56. The molecule has 0 spiro atoms. The monoisotopic (exact) mass is 339 g/mol. The van der Waals surface area contributed by atoms with Crippen molar-refractivity contribution < 1.29 is 4.74 Å². The maximum atomic E-state index is 6.08. The van der Waals surface area contributed by atoms with Crippen molar-refractivity contribution in [1.29, 1.82) is 0 Å². The van der Waals surface area contributed by atoms with Crippen molar-refractivity contribution in [2.75, 3.05) is 5.73 Å². The van der Waals surface area contributed by atoms with Crippen LogP contribution in [-0.2, 0) is 13.0 Å². The summed E-state index contributed by atoms with van der Waals surface area (Å²) in [5.74, 6) is 0.824. The molecular formula is C15H15BrClNO. The van der Waals surface area contributed by atoms with Crippen LogP contribution in [0.15, 0.2) is 40.9 Å². The topological polar surface area (TPSA) is 35.2 Å². The molecule has 2 nitrogen and oxygen atoms in total. The number of hydrogen-bond acceptors (Lipinski definition) is 2. The van der Waals surface area contributed by atoms with Gasteiger partial charge in [-0.1, -0.05) is 40.5 Å². The molecule has 0 amide bonds. The molecule has 0 aromatic heterocycles. The first kappa shape index (κ1) is 14.2. The molecular weight excluding hydrogens is 326 g/mol. The van der Waals surface area contributed by atoms with E-state index in [-0.39, 0.29) is 0 Å². The van der Waals surface area contributed by atoms with E-state index in [9.17, 15) is 0 Å². The Kier molecular flexibility index (Phi) is 4.72. The molecule has 4 heteroatoms. The smallest absolute Gasteiger partial charge is 0.120 e. The Balaban J connectivity index is 2.10. The fraction of sp³-hybridized carbons (Fsp3) is 0.200. The zero-order valence-electron chi connectivity index (χ0n) is 10.6. The van der Waals surface area contributed by atoms with Gasteiger partial charge in [0.05, 0.1) is 0 Å². The number of anilines is 1. The average Bonchev–Trinajstić information content (AvgIpc) is 2.39. The van der Waals surface area contributed by atoms with Gasteiger partial charge in [-0.3, -0.25) is 0 Å². The Hall–Kier alpha value is -1.19. The third-order valence-corrected chi connectivity index (χ3v) is 3.98. The van der Waals surface area contributed by atoms with Crippen LogP contribution in [0.4, 0.5) is 5.69 Å². The minimum atomic E-state index is 0.492. The van der Waals surface area contributed by atoms with E-state index in [1.54, 1.807) is 0 Å². The first-order chi connectivity index (χ1) is 9.10. The van der Waals surface area contributed by atoms with Gasteiger partial charge in [-0.05, 0) is 42.3 Å². The summed E-state index contributed by atoms with van der Waals surface area (Å²) in [6.07, 6.45) is 0.890. The van der Waals surface area contributed by atoms with Gasteiger partial charge in [0.25, 0.3) is 0 Å². The van der Waals surface area contributed by atoms with Gasteiger partial charge in [-0.15, -0.1) is 0 Å². The number of nitrogens with two attached hydrogens (primary N) is 1. The van der Waals surface area contributed by atoms with Gasteiger partial charge in [0, 0.05) is 20.7 Å². The van der Waals surface area contributed by atoms with Crippen molar-refractivity contribution in [3.63, 3.8) is 0 Å². The normalized spacial score (nSPS) is 10.5. The van der Waals surface area contributed by atoms with Gasteiger partial charge in [0.2, 0.25) is 0 Å². The molecule has 0 aliphatic heterocycles. The lowest BCUT2D eigenvalue weighted by atomic mass is 10.1. The van der Waals surface area contributed by atoms with E-state index in [2.05, 4.69) is 22.9 Å².